The summed E-state index contributed by atoms with van der Waals surface area (Å²) in [5.74, 6) is 1.15. The van der Waals surface area contributed by atoms with Crippen molar-refractivity contribution in [1.82, 2.24) is 0 Å². The standard InChI is InChI=1S/C16H20ClNO2S/c1-4-11-5-6-12(21-11)9-14(18)10-7-13(17)16(20-3)15(8-10)19-2/h5-8,14H,4,9,18H2,1-3H3. The van der Waals surface area contributed by atoms with Crippen molar-refractivity contribution in [3.05, 3.63) is 44.6 Å². The Morgan fingerprint density at radius 1 is 1.19 bits per heavy atom. The SMILES string of the molecule is CCc1ccc(CC(N)c2cc(Cl)c(OC)c(OC)c2)s1. The summed E-state index contributed by atoms with van der Waals surface area (Å²) in [6.07, 6.45) is 1.85. The van der Waals surface area contributed by atoms with Crippen molar-refractivity contribution in [1.29, 1.82) is 0 Å². The molecule has 0 amide bonds. The topological polar surface area (TPSA) is 44.5 Å². The summed E-state index contributed by atoms with van der Waals surface area (Å²) in [6.45, 7) is 2.16. The zero-order valence-corrected chi connectivity index (χ0v) is 14.1. The van der Waals surface area contributed by atoms with Gasteiger partial charge in [-0.1, -0.05) is 18.5 Å². The van der Waals surface area contributed by atoms with Gasteiger partial charge < -0.3 is 15.2 Å². The van der Waals surface area contributed by atoms with Gasteiger partial charge in [0.2, 0.25) is 0 Å². The number of hydrogen-bond donors (Lipinski definition) is 1. The third-order valence-corrected chi connectivity index (χ3v) is 4.90. The second-order valence-corrected chi connectivity index (χ2v) is 6.43. The van der Waals surface area contributed by atoms with Crippen LogP contribution in [0.4, 0.5) is 0 Å². The molecule has 1 atom stereocenters. The van der Waals surface area contributed by atoms with Crippen molar-refractivity contribution in [2.24, 2.45) is 5.73 Å². The van der Waals surface area contributed by atoms with E-state index >= 15 is 0 Å². The zero-order chi connectivity index (χ0) is 15.4. The van der Waals surface area contributed by atoms with Crippen LogP contribution in [0, 0.1) is 0 Å². The van der Waals surface area contributed by atoms with E-state index in [2.05, 4.69) is 19.1 Å². The lowest BCUT2D eigenvalue weighted by Crippen LogP contribution is -2.13. The molecule has 21 heavy (non-hydrogen) atoms. The summed E-state index contributed by atoms with van der Waals surface area (Å²) in [5, 5.41) is 0.516. The molecule has 0 aliphatic carbocycles. The van der Waals surface area contributed by atoms with Gasteiger partial charge in [0.25, 0.3) is 0 Å². The monoisotopic (exact) mass is 325 g/mol. The maximum Gasteiger partial charge on any atom is 0.179 e. The second-order valence-electron chi connectivity index (χ2n) is 4.77. The van der Waals surface area contributed by atoms with Crippen LogP contribution in [-0.2, 0) is 12.8 Å². The molecule has 114 valence electrons. The largest absolute Gasteiger partial charge is 0.493 e. The molecule has 1 aromatic heterocycles. The molecule has 0 spiro atoms. The van der Waals surface area contributed by atoms with Crippen LogP contribution >= 0.6 is 22.9 Å². The lowest BCUT2D eigenvalue weighted by atomic mass is 10.0. The average Bonchev–Trinajstić information content (AvgIpc) is 2.93. The Kier molecular flexibility index (Phi) is 5.51. The first-order valence-corrected chi connectivity index (χ1v) is 8.03. The minimum absolute atomic E-state index is 0.120. The highest BCUT2D eigenvalue weighted by Crippen LogP contribution is 2.38. The number of hydrogen-bond acceptors (Lipinski definition) is 4. The van der Waals surface area contributed by atoms with E-state index in [0.29, 0.717) is 16.5 Å². The summed E-state index contributed by atoms with van der Waals surface area (Å²) >= 11 is 8.04. The first kappa shape index (κ1) is 16.1. The number of ether oxygens (including phenoxy) is 2. The fourth-order valence-corrected chi connectivity index (χ4v) is 3.52. The number of methoxy groups -OCH3 is 2. The Morgan fingerprint density at radius 3 is 2.48 bits per heavy atom. The molecule has 1 aromatic carbocycles. The highest BCUT2D eigenvalue weighted by Gasteiger charge is 2.16. The van der Waals surface area contributed by atoms with Crippen molar-refractivity contribution in [3.8, 4) is 11.5 Å². The van der Waals surface area contributed by atoms with Gasteiger partial charge in [0.15, 0.2) is 11.5 Å². The molecule has 3 nitrogen and oxygen atoms in total. The summed E-state index contributed by atoms with van der Waals surface area (Å²) in [7, 11) is 3.16. The lowest BCUT2D eigenvalue weighted by Gasteiger charge is -2.16. The first-order chi connectivity index (χ1) is 10.1. The predicted molar refractivity (Wildman–Crippen MR) is 88.9 cm³/mol. The van der Waals surface area contributed by atoms with Crippen molar-refractivity contribution in [2.45, 2.75) is 25.8 Å². The van der Waals surface area contributed by atoms with Gasteiger partial charge in [-0.05, 0) is 36.2 Å². The van der Waals surface area contributed by atoms with E-state index in [1.807, 2.05) is 23.5 Å². The summed E-state index contributed by atoms with van der Waals surface area (Å²) in [5.41, 5.74) is 7.26. The molecule has 5 heteroatoms. The quantitative estimate of drug-likeness (QED) is 0.864. The van der Waals surface area contributed by atoms with E-state index < -0.39 is 0 Å². The van der Waals surface area contributed by atoms with Crippen LogP contribution in [0.2, 0.25) is 5.02 Å². The molecule has 0 radical (unpaired) electrons. The third-order valence-electron chi connectivity index (χ3n) is 3.37. The van der Waals surface area contributed by atoms with Gasteiger partial charge in [0.05, 0.1) is 19.2 Å². The van der Waals surface area contributed by atoms with Crippen LogP contribution in [0.3, 0.4) is 0 Å². The van der Waals surface area contributed by atoms with E-state index in [1.54, 1.807) is 14.2 Å². The molecule has 0 saturated carbocycles. The molecular formula is C16H20ClNO2S. The minimum atomic E-state index is -0.120. The Morgan fingerprint density at radius 2 is 1.90 bits per heavy atom. The van der Waals surface area contributed by atoms with Gasteiger partial charge in [0, 0.05) is 22.2 Å². The number of nitrogens with two attached hydrogens (primary N) is 1. The van der Waals surface area contributed by atoms with Crippen LogP contribution < -0.4 is 15.2 Å². The van der Waals surface area contributed by atoms with Crippen molar-refractivity contribution in [3.63, 3.8) is 0 Å². The van der Waals surface area contributed by atoms with E-state index in [0.717, 1.165) is 18.4 Å². The van der Waals surface area contributed by atoms with E-state index in [1.165, 1.54) is 9.75 Å². The molecule has 0 fully saturated rings. The number of benzene rings is 1. The molecule has 1 unspecified atom stereocenters. The Bertz CT molecular complexity index is 612. The summed E-state index contributed by atoms with van der Waals surface area (Å²) < 4.78 is 10.6. The van der Waals surface area contributed by atoms with Gasteiger partial charge in [-0.2, -0.15) is 0 Å². The Balaban J connectivity index is 2.22. The smallest absolute Gasteiger partial charge is 0.179 e. The van der Waals surface area contributed by atoms with Gasteiger partial charge >= 0.3 is 0 Å². The van der Waals surface area contributed by atoms with E-state index in [4.69, 9.17) is 26.8 Å². The van der Waals surface area contributed by atoms with Crippen LogP contribution in [0.5, 0.6) is 11.5 Å². The average molecular weight is 326 g/mol. The molecule has 2 aromatic rings. The maximum atomic E-state index is 6.31. The summed E-state index contributed by atoms with van der Waals surface area (Å²) in [6, 6.07) is 7.93. The van der Waals surface area contributed by atoms with Crippen LogP contribution in [0.25, 0.3) is 0 Å². The van der Waals surface area contributed by atoms with Gasteiger partial charge in [-0.25, -0.2) is 0 Å². The number of rotatable bonds is 6. The fourth-order valence-electron chi connectivity index (χ4n) is 2.21. The molecule has 0 saturated heterocycles. The zero-order valence-electron chi connectivity index (χ0n) is 12.5. The van der Waals surface area contributed by atoms with Gasteiger partial charge in [-0.15, -0.1) is 11.3 Å². The van der Waals surface area contributed by atoms with Gasteiger partial charge in [-0.3, -0.25) is 0 Å². The minimum Gasteiger partial charge on any atom is -0.493 e. The lowest BCUT2D eigenvalue weighted by molar-refractivity contribution is 0.354. The van der Waals surface area contributed by atoms with Crippen LogP contribution in [0.1, 0.15) is 28.3 Å². The van der Waals surface area contributed by atoms with E-state index in [9.17, 15) is 0 Å². The Labute approximate surface area is 134 Å². The highest BCUT2D eigenvalue weighted by atomic mass is 35.5. The number of thiophene rings is 1. The molecule has 0 aliphatic rings. The molecule has 0 aliphatic heterocycles. The Hall–Kier alpha value is -1.23. The summed E-state index contributed by atoms with van der Waals surface area (Å²) in [4.78, 5) is 2.66. The predicted octanol–water partition coefficient (Wildman–Crippen LogP) is 4.22. The van der Waals surface area contributed by atoms with Crippen molar-refractivity contribution < 1.29 is 9.47 Å². The van der Waals surface area contributed by atoms with Gasteiger partial charge in [0.1, 0.15) is 0 Å². The van der Waals surface area contributed by atoms with E-state index in [-0.39, 0.29) is 6.04 Å². The highest BCUT2D eigenvalue weighted by molar-refractivity contribution is 7.11. The maximum absolute atomic E-state index is 6.31. The molecule has 0 bridgehead atoms. The van der Waals surface area contributed by atoms with Crippen LogP contribution in [-0.4, -0.2) is 14.2 Å². The van der Waals surface area contributed by atoms with Crippen molar-refractivity contribution in [2.75, 3.05) is 14.2 Å². The molecular weight excluding hydrogens is 306 g/mol. The molecule has 2 N–H and O–H groups in total. The third kappa shape index (κ3) is 3.70. The van der Waals surface area contributed by atoms with Crippen molar-refractivity contribution >= 4 is 22.9 Å². The molecule has 1 heterocycles. The first-order valence-electron chi connectivity index (χ1n) is 6.83. The van der Waals surface area contributed by atoms with Crippen LogP contribution in [0.15, 0.2) is 24.3 Å². The fraction of sp³-hybridized carbons (Fsp3) is 0.375. The number of aryl methyl sites for hydroxylation is 1. The molecule has 2 rings (SSSR count). The normalized spacial score (nSPS) is 12.2. The number of halogens is 1. The second kappa shape index (κ2) is 7.16.